The van der Waals surface area contributed by atoms with Crippen molar-refractivity contribution >= 4 is 22.7 Å². The molecule has 0 atom stereocenters. The van der Waals surface area contributed by atoms with Crippen molar-refractivity contribution in [1.29, 1.82) is 0 Å². The van der Waals surface area contributed by atoms with Crippen molar-refractivity contribution in [3.8, 4) is 17.1 Å². The largest absolute Gasteiger partial charge is 0.497 e. The van der Waals surface area contributed by atoms with Gasteiger partial charge < -0.3 is 9.15 Å². The Hall–Kier alpha value is -3.39. The number of fused-ring (bicyclic) bond motifs is 1. The Morgan fingerprint density at radius 3 is 2.79 bits per heavy atom. The van der Waals surface area contributed by atoms with E-state index in [1.165, 1.54) is 17.8 Å². The van der Waals surface area contributed by atoms with Gasteiger partial charge in [-0.25, -0.2) is 4.79 Å². The maximum absolute atomic E-state index is 12.0. The number of thioether (sulfide) groups is 1. The fraction of sp³-hybridized carbons (Fsp3) is 0.143. The fourth-order valence-corrected chi connectivity index (χ4v) is 3.94. The SMILES string of the molecule is C=CCn1c(SCc2cc(=O)oc3cc(OC)ccc23)nnc1-c1ccncc1. The van der Waals surface area contributed by atoms with Crippen LogP contribution in [0.15, 0.2) is 75.8 Å². The lowest BCUT2D eigenvalue weighted by molar-refractivity contribution is 0.414. The van der Waals surface area contributed by atoms with Crippen molar-refractivity contribution in [2.45, 2.75) is 17.5 Å². The van der Waals surface area contributed by atoms with Gasteiger partial charge in [0.2, 0.25) is 0 Å². The standard InChI is InChI=1S/C21H18N4O3S/c1-3-10-25-20(14-6-8-22-9-7-14)23-24-21(25)29-13-15-11-19(26)28-18-12-16(27-2)4-5-17(15)18/h3-9,11-12H,1,10,13H2,2H3. The number of hydrogen-bond acceptors (Lipinski definition) is 7. The quantitative estimate of drug-likeness (QED) is 0.261. The van der Waals surface area contributed by atoms with E-state index in [-0.39, 0.29) is 0 Å². The maximum atomic E-state index is 12.0. The molecule has 0 aliphatic carbocycles. The molecule has 8 heteroatoms. The summed E-state index contributed by atoms with van der Waals surface area (Å²) in [6, 6.07) is 10.7. The van der Waals surface area contributed by atoms with Crippen molar-refractivity contribution in [2.75, 3.05) is 7.11 Å². The van der Waals surface area contributed by atoms with Crippen molar-refractivity contribution < 1.29 is 9.15 Å². The van der Waals surface area contributed by atoms with E-state index in [1.54, 1.807) is 31.6 Å². The van der Waals surface area contributed by atoms with Crippen molar-refractivity contribution in [2.24, 2.45) is 0 Å². The molecule has 3 heterocycles. The number of pyridine rings is 1. The van der Waals surface area contributed by atoms with E-state index in [2.05, 4.69) is 21.8 Å². The van der Waals surface area contributed by atoms with Gasteiger partial charge in [-0.3, -0.25) is 9.55 Å². The van der Waals surface area contributed by atoms with Crippen LogP contribution in [0.25, 0.3) is 22.4 Å². The average Bonchev–Trinajstić information content (AvgIpc) is 3.15. The highest BCUT2D eigenvalue weighted by Gasteiger charge is 2.15. The first-order chi connectivity index (χ1) is 14.2. The minimum atomic E-state index is -0.397. The van der Waals surface area contributed by atoms with Crippen LogP contribution in [-0.2, 0) is 12.3 Å². The van der Waals surface area contributed by atoms with E-state index >= 15 is 0 Å². The first-order valence-electron chi connectivity index (χ1n) is 8.87. The van der Waals surface area contributed by atoms with Crippen LogP contribution in [0.4, 0.5) is 0 Å². The maximum Gasteiger partial charge on any atom is 0.336 e. The highest BCUT2D eigenvalue weighted by molar-refractivity contribution is 7.98. The summed E-state index contributed by atoms with van der Waals surface area (Å²) in [5.41, 5.74) is 1.89. The Balaban J connectivity index is 1.67. The van der Waals surface area contributed by atoms with Crippen molar-refractivity contribution in [3.63, 3.8) is 0 Å². The molecule has 0 fully saturated rings. The third kappa shape index (κ3) is 3.93. The molecule has 0 saturated heterocycles. The summed E-state index contributed by atoms with van der Waals surface area (Å²) in [7, 11) is 1.58. The molecule has 146 valence electrons. The average molecular weight is 406 g/mol. The van der Waals surface area contributed by atoms with Gasteiger partial charge >= 0.3 is 5.63 Å². The Morgan fingerprint density at radius 2 is 2.03 bits per heavy atom. The molecular formula is C21H18N4O3S. The van der Waals surface area contributed by atoms with E-state index in [0.29, 0.717) is 23.6 Å². The van der Waals surface area contributed by atoms with E-state index in [9.17, 15) is 4.79 Å². The van der Waals surface area contributed by atoms with Gasteiger partial charge in [0.1, 0.15) is 11.3 Å². The molecule has 0 spiro atoms. The summed E-state index contributed by atoms with van der Waals surface area (Å²) in [5.74, 6) is 1.93. The van der Waals surface area contributed by atoms with E-state index in [1.807, 2.05) is 28.8 Å². The zero-order chi connectivity index (χ0) is 20.2. The predicted molar refractivity (Wildman–Crippen MR) is 112 cm³/mol. The normalized spacial score (nSPS) is 10.9. The molecule has 0 unspecified atom stereocenters. The lowest BCUT2D eigenvalue weighted by Crippen LogP contribution is -2.02. The van der Waals surface area contributed by atoms with Crippen LogP contribution in [0.3, 0.4) is 0 Å². The molecule has 0 aliphatic heterocycles. The molecule has 4 rings (SSSR count). The highest BCUT2D eigenvalue weighted by Crippen LogP contribution is 2.29. The number of hydrogen-bond donors (Lipinski definition) is 0. The van der Waals surface area contributed by atoms with Crippen LogP contribution in [-0.4, -0.2) is 26.9 Å². The Kier molecular flexibility index (Phi) is 5.44. The number of nitrogens with zero attached hydrogens (tertiary/aromatic N) is 4. The minimum Gasteiger partial charge on any atom is -0.497 e. The van der Waals surface area contributed by atoms with Crippen LogP contribution >= 0.6 is 11.8 Å². The third-order valence-electron chi connectivity index (χ3n) is 4.36. The number of aromatic nitrogens is 4. The van der Waals surface area contributed by atoms with Crippen molar-refractivity contribution in [1.82, 2.24) is 19.7 Å². The second-order valence-electron chi connectivity index (χ2n) is 6.18. The summed E-state index contributed by atoms with van der Waals surface area (Å²) in [5, 5.41) is 10.3. The fourth-order valence-electron chi connectivity index (χ4n) is 3.00. The van der Waals surface area contributed by atoms with Gasteiger partial charge in [-0.15, -0.1) is 16.8 Å². The van der Waals surface area contributed by atoms with Crippen LogP contribution in [0.5, 0.6) is 5.75 Å². The van der Waals surface area contributed by atoms with Gasteiger partial charge in [0.15, 0.2) is 11.0 Å². The zero-order valence-electron chi connectivity index (χ0n) is 15.7. The molecular weight excluding hydrogens is 388 g/mol. The van der Waals surface area contributed by atoms with E-state index < -0.39 is 5.63 Å². The Labute approximate surface area is 171 Å². The number of benzene rings is 1. The molecule has 7 nitrogen and oxygen atoms in total. The first kappa shape index (κ1) is 18.9. The highest BCUT2D eigenvalue weighted by atomic mass is 32.2. The number of rotatable bonds is 7. The van der Waals surface area contributed by atoms with Gasteiger partial charge in [-0.05, 0) is 29.8 Å². The molecule has 3 aromatic heterocycles. The van der Waals surface area contributed by atoms with Gasteiger partial charge in [0.05, 0.1) is 7.11 Å². The van der Waals surface area contributed by atoms with Crippen LogP contribution in [0.1, 0.15) is 5.56 Å². The predicted octanol–water partition coefficient (Wildman–Crippen LogP) is 3.93. The molecule has 0 N–H and O–H groups in total. The first-order valence-corrected chi connectivity index (χ1v) is 9.86. The van der Waals surface area contributed by atoms with Gasteiger partial charge in [0, 0.05) is 47.8 Å². The smallest absolute Gasteiger partial charge is 0.336 e. The summed E-state index contributed by atoms with van der Waals surface area (Å²) in [4.78, 5) is 16.1. The number of allylic oxidation sites excluding steroid dienone is 1. The topological polar surface area (TPSA) is 83.0 Å². The lowest BCUT2D eigenvalue weighted by Gasteiger charge is -2.09. The molecule has 29 heavy (non-hydrogen) atoms. The summed E-state index contributed by atoms with van der Waals surface area (Å²) in [6.07, 6.45) is 5.24. The summed E-state index contributed by atoms with van der Waals surface area (Å²) in [6.45, 7) is 4.41. The summed E-state index contributed by atoms with van der Waals surface area (Å²) < 4.78 is 12.5. The summed E-state index contributed by atoms with van der Waals surface area (Å²) >= 11 is 1.50. The molecule has 1 aromatic carbocycles. The Morgan fingerprint density at radius 1 is 1.21 bits per heavy atom. The molecule has 0 radical (unpaired) electrons. The molecule has 0 saturated carbocycles. The van der Waals surface area contributed by atoms with Crippen LogP contribution < -0.4 is 10.4 Å². The minimum absolute atomic E-state index is 0.397. The monoisotopic (exact) mass is 406 g/mol. The van der Waals surface area contributed by atoms with Crippen molar-refractivity contribution in [3.05, 3.63) is 77.4 Å². The van der Waals surface area contributed by atoms with Gasteiger partial charge in [-0.2, -0.15) is 0 Å². The molecule has 0 aliphatic rings. The van der Waals surface area contributed by atoms with Crippen LogP contribution in [0.2, 0.25) is 0 Å². The van der Waals surface area contributed by atoms with Crippen LogP contribution in [0, 0.1) is 0 Å². The number of methoxy groups -OCH3 is 1. The second-order valence-corrected chi connectivity index (χ2v) is 7.13. The molecule has 0 amide bonds. The molecule has 4 aromatic rings. The molecule has 0 bridgehead atoms. The van der Waals surface area contributed by atoms with Gasteiger partial charge in [0.25, 0.3) is 0 Å². The van der Waals surface area contributed by atoms with Gasteiger partial charge in [-0.1, -0.05) is 17.8 Å². The number of ether oxygens (including phenoxy) is 1. The third-order valence-corrected chi connectivity index (χ3v) is 5.38. The Bertz CT molecular complexity index is 1220. The lowest BCUT2D eigenvalue weighted by atomic mass is 10.1. The van der Waals surface area contributed by atoms with E-state index in [0.717, 1.165) is 27.5 Å². The van der Waals surface area contributed by atoms with E-state index in [4.69, 9.17) is 9.15 Å². The zero-order valence-corrected chi connectivity index (χ0v) is 16.6. The second kappa shape index (κ2) is 8.32.